The summed E-state index contributed by atoms with van der Waals surface area (Å²) in [5.74, 6) is -0.368. The van der Waals surface area contributed by atoms with E-state index in [1.165, 1.54) is 13.2 Å². The molecule has 0 spiro atoms. The van der Waals surface area contributed by atoms with E-state index in [2.05, 4.69) is 9.64 Å². The number of anilines is 1. The van der Waals surface area contributed by atoms with Crippen LogP contribution in [0.2, 0.25) is 0 Å². The van der Waals surface area contributed by atoms with E-state index in [9.17, 15) is 9.90 Å². The first-order valence-electron chi connectivity index (χ1n) is 6.87. The topological polar surface area (TPSA) is 59.0 Å². The minimum absolute atomic E-state index is 0.0861. The highest BCUT2D eigenvalue weighted by molar-refractivity contribution is 5.99. The third kappa shape index (κ3) is 2.64. The van der Waals surface area contributed by atoms with Crippen LogP contribution in [0.5, 0.6) is 5.75 Å². The molecule has 0 saturated carbocycles. The number of aromatic hydroxyl groups is 1. The lowest BCUT2D eigenvalue weighted by Gasteiger charge is -2.29. The van der Waals surface area contributed by atoms with Gasteiger partial charge in [0.15, 0.2) is 0 Å². The quantitative estimate of drug-likeness (QED) is 0.858. The largest absolute Gasteiger partial charge is 0.507 e. The Balaban J connectivity index is 2.01. The molecule has 0 unspecified atom stereocenters. The second kappa shape index (κ2) is 5.61. The first kappa shape index (κ1) is 13.7. The summed E-state index contributed by atoms with van der Waals surface area (Å²) in [6, 6.07) is 9.01. The summed E-state index contributed by atoms with van der Waals surface area (Å²) < 4.78 is 10.0. The van der Waals surface area contributed by atoms with Gasteiger partial charge in [-0.05, 0) is 29.7 Å². The number of hydrogen-bond acceptors (Lipinski definition) is 5. The Kier molecular flexibility index (Phi) is 3.66. The molecule has 1 saturated heterocycles. The molecule has 2 aromatic rings. The highest BCUT2D eigenvalue weighted by atomic mass is 16.5. The minimum atomic E-state index is -0.454. The molecular weight excluding hydrogens is 270 g/mol. The Morgan fingerprint density at radius 1 is 1.24 bits per heavy atom. The van der Waals surface area contributed by atoms with Gasteiger partial charge in [0.05, 0.1) is 25.9 Å². The number of morpholine rings is 1. The number of carbonyl (C=O) groups is 1. The second-order valence-corrected chi connectivity index (χ2v) is 4.99. The number of methoxy groups -OCH3 is 1. The molecule has 110 valence electrons. The second-order valence-electron chi connectivity index (χ2n) is 4.99. The van der Waals surface area contributed by atoms with Crippen LogP contribution in [-0.2, 0) is 9.47 Å². The summed E-state index contributed by atoms with van der Waals surface area (Å²) in [7, 11) is 1.32. The van der Waals surface area contributed by atoms with Crippen molar-refractivity contribution in [1.82, 2.24) is 0 Å². The standard InChI is InChI=1S/C16H17NO4/c1-20-16(19)12-8-11-2-3-13(10-14(11)15(18)9-12)17-4-6-21-7-5-17/h2-3,8-10,18H,4-7H2,1H3. The SMILES string of the molecule is COC(=O)c1cc(O)c2cc(N3CCOCC3)ccc2c1. The van der Waals surface area contributed by atoms with Gasteiger partial charge >= 0.3 is 5.97 Å². The van der Waals surface area contributed by atoms with Gasteiger partial charge < -0.3 is 19.5 Å². The summed E-state index contributed by atoms with van der Waals surface area (Å²) in [4.78, 5) is 13.8. The van der Waals surface area contributed by atoms with E-state index in [1.807, 2.05) is 18.2 Å². The zero-order valence-corrected chi connectivity index (χ0v) is 11.8. The monoisotopic (exact) mass is 287 g/mol. The molecule has 1 heterocycles. The molecule has 2 aromatic carbocycles. The summed E-state index contributed by atoms with van der Waals surface area (Å²) in [5, 5.41) is 11.7. The van der Waals surface area contributed by atoms with E-state index in [1.54, 1.807) is 6.07 Å². The maximum atomic E-state index is 11.6. The van der Waals surface area contributed by atoms with Crippen molar-refractivity contribution in [2.24, 2.45) is 0 Å². The molecule has 0 bridgehead atoms. The molecular formula is C16H17NO4. The Labute approximate surface area is 122 Å². The van der Waals surface area contributed by atoms with Gasteiger partial charge in [0.1, 0.15) is 5.75 Å². The van der Waals surface area contributed by atoms with E-state index in [4.69, 9.17) is 4.74 Å². The molecule has 1 aliphatic heterocycles. The normalized spacial score (nSPS) is 15.2. The van der Waals surface area contributed by atoms with Crippen LogP contribution in [0.4, 0.5) is 5.69 Å². The van der Waals surface area contributed by atoms with Crippen molar-refractivity contribution in [2.45, 2.75) is 0 Å². The number of nitrogens with zero attached hydrogens (tertiary/aromatic N) is 1. The zero-order chi connectivity index (χ0) is 14.8. The predicted molar refractivity (Wildman–Crippen MR) is 80.0 cm³/mol. The molecule has 3 rings (SSSR count). The van der Waals surface area contributed by atoms with Crippen molar-refractivity contribution in [2.75, 3.05) is 38.3 Å². The first-order chi connectivity index (χ1) is 10.2. The van der Waals surface area contributed by atoms with Gasteiger partial charge in [-0.3, -0.25) is 0 Å². The van der Waals surface area contributed by atoms with Crippen LogP contribution in [0.15, 0.2) is 30.3 Å². The Hall–Kier alpha value is -2.27. The van der Waals surface area contributed by atoms with Crippen LogP contribution in [0.1, 0.15) is 10.4 Å². The molecule has 0 aliphatic carbocycles. The third-order valence-electron chi connectivity index (χ3n) is 3.71. The number of ether oxygens (including phenoxy) is 2. The highest BCUT2D eigenvalue weighted by Gasteiger charge is 2.14. The lowest BCUT2D eigenvalue weighted by atomic mass is 10.0. The fourth-order valence-corrected chi connectivity index (χ4v) is 2.58. The van der Waals surface area contributed by atoms with Gasteiger partial charge in [0.2, 0.25) is 0 Å². The molecule has 5 nitrogen and oxygen atoms in total. The van der Waals surface area contributed by atoms with Gasteiger partial charge in [-0.25, -0.2) is 4.79 Å². The summed E-state index contributed by atoms with van der Waals surface area (Å²) in [6.07, 6.45) is 0. The van der Waals surface area contributed by atoms with Crippen molar-refractivity contribution in [1.29, 1.82) is 0 Å². The number of phenols is 1. The van der Waals surface area contributed by atoms with Gasteiger partial charge in [0, 0.05) is 24.2 Å². The average molecular weight is 287 g/mol. The molecule has 0 radical (unpaired) electrons. The van der Waals surface area contributed by atoms with E-state index in [0.29, 0.717) is 18.8 Å². The predicted octanol–water partition coefficient (Wildman–Crippen LogP) is 2.17. The van der Waals surface area contributed by atoms with Crippen molar-refractivity contribution >= 4 is 22.4 Å². The molecule has 21 heavy (non-hydrogen) atoms. The van der Waals surface area contributed by atoms with Gasteiger partial charge in [-0.1, -0.05) is 6.07 Å². The Bertz CT molecular complexity index is 677. The van der Waals surface area contributed by atoms with Crippen molar-refractivity contribution < 1.29 is 19.4 Å². The van der Waals surface area contributed by atoms with E-state index in [0.717, 1.165) is 29.5 Å². The van der Waals surface area contributed by atoms with Crippen LogP contribution in [0, 0.1) is 0 Å². The first-order valence-corrected chi connectivity index (χ1v) is 6.87. The number of esters is 1. The number of phenolic OH excluding ortho intramolecular Hbond substituents is 1. The number of hydrogen-bond donors (Lipinski definition) is 1. The molecule has 1 fully saturated rings. The Morgan fingerprint density at radius 3 is 2.71 bits per heavy atom. The smallest absolute Gasteiger partial charge is 0.338 e. The molecule has 0 aromatic heterocycles. The van der Waals surface area contributed by atoms with E-state index >= 15 is 0 Å². The highest BCUT2D eigenvalue weighted by Crippen LogP contribution is 2.31. The number of fused-ring (bicyclic) bond motifs is 1. The minimum Gasteiger partial charge on any atom is -0.507 e. The van der Waals surface area contributed by atoms with Crippen LogP contribution < -0.4 is 4.90 Å². The van der Waals surface area contributed by atoms with E-state index < -0.39 is 5.97 Å². The van der Waals surface area contributed by atoms with Crippen LogP contribution >= 0.6 is 0 Å². The van der Waals surface area contributed by atoms with Gasteiger partial charge in [-0.2, -0.15) is 0 Å². The number of rotatable bonds is 2. The Morgan fingerprint density at radius 2 is 2.00 bits per heavy atom. The molecule has 0 atom stereocenters. The molecule has 1 aliphatic rings. The van der Waals surface area contributed by atoms with E-state index in [-0.39, 0.29) is 5.75 Å². The van der Waals surface area contributed by atoms with Crippen LogP contribution in [0.3, 0.4) is 0 Å². The fourth-order valence-electron chi connectivity index (χ4n) is 2.58. The van der Waals surface area contributed by atoms with Crippen molar-refractivity contribution in [3.63, 3.8) is 0 Å². The molecule has 1 N–H and O–H groups in total. The van der Waals surface area contributed by atoms with Crippen LogP contribution in [0.25, 0.3) is 10.8 Å². The van der Waals surface area contributed by atoms with Crippen molar-refractivity contribution in [3.05, 3.63) is 35.9 Å². The van der Waals surface area contributed by atoms with Gasteiger partial charge in [-0.15, -0.1) is 0 Å². The summed E-state index contributed by atoms with van der Waals surface area (Å²) >= 11 is 0. The summed E-state index contributed by atoms with van der Waals surface area (Å²) in [5.41, 5.74) is 1.40. The molecule has 5 heteroatoms. The maximum absolute atomic E-state index is 11.6. The summed E-state index contributed by atoms with van der Waals surface area (Å²) in [6.45, 7) is 3.11. The fraction of sp³-hybridized carbons (Fsp3) is 0.312. The maximum Gasteiger partial charge on any atom is 0.338 e. The van der Waals surface area contributed by atoms with Crippen LogP contribution in [-0.4, -0.2) is 44.5 Å². The lowest BCUT2D eigenvalue weighted by molar-refractivity contribution is 0.0600. The van der Waals surface area contributed by atoms with Gasteiger partial charge in [0.25, 0.3) is 0 Å². The third-order valence-corrected chi connectivity index (χ3v) is 3.71. The number of carbonyl (C=O) groups excluding carboxylic acids is 1. The lowest BCUT2D eigenvalue weighted by Crippen LogP contribution is -2.36. The zero-order valence-electron chi connectivity index (χ0n) is 11.8. The van der Waals surface area contributed by atoms with Crippen molar-refractivity contribution in [3.8, 4) is 5.75 Å². The molecule has 0 amide bonds. The number of benzene rings is 2. The average Bonchev–Trinajstić information content (AvgIpc) is 2.54.